The topological polar surface area (TPSA) is 21.3 Å². The van der Waals surface area contributed by atoms with Crippen LogP contribution in [-0.2, 0) is 11.2 Å². The standard InChI is InChI=1S/C15H24ClNOS/c1-18-9-8-17-12-14(7-10-19-2)11-13-3-5-15(16)6-4-13/h3-6,14,17H,7-12H2,1-2H3. The van der Waals surface area contributed by atoms with Crippen molar-refractivity contribution in [2.75, 3.05) is 38.8 Å². The maximum absolute atomic E-state index is 5.92. The van der Waals surface area contributed by atoms with Crippen molar-refractivity contribution in [1.82, 2.24) is 5.32 Å². The van der Waals surface area contributed by atoms with Crippen molar-refractivity contribution < 1.29 is 4.74 Å². The first-order valence-electron chi connectivity index (χ1n) is 6.69. The molecule has 0 aliphatic carbocycles. The zero-order valence-electron chi connectivity index (χ0n) is 11.8. The highest BCUT2D eigenvalue weighted by Gasteiger charge is 2.09. The fraction of sp³-hybridized carbons (Fsp3) is 0.600. The Hall–Kier alpha value is -0.220. The summed E-state index contributed by atoms with van der Waals surface area (Å²) < 4.78 is 5.05. The lowest BCUT2D eigenvalue weighted by Gasteiger charge is -2.17. The maximum atomic E-state index is 5.92. The van der Waals surface area contributed by atoms with Gasteiger partial charge in [-0.15, -0.1) is 0 Å². The van der Waals surface area contributed by atoms with E-state index >= 15 is 0 Å². The molecule has 0 fully saturated rings. The fourth-order valence-electron chi connectivity index (χ4n) is 2.00. The van der Waals surface area contributed by atoms with Crippen LogP contribution >= 0.6 is 23.4 Å². The highest BCUT2D eigenvalue weighted by molar-refractivity contribution is 7.98. The molecule has 1 atom stereocenters. The number of thioether (sulfide) groups is 1. The average molecular weight is 302 g/mol. The number of benzene rings is 1. The minimum atomic E-state index is 0.672. The minimum Gasteiger partial charge on any atom is -0.383 e. The van der Waals surface area contributed by atoms with Crippen LogP contribution in [-0.4, -0.2) is 38.8 Å². The van der Waals surface area contributed by atoms with E-state index in [0.717, 1.165) is 31.1 Å². The SMILES string of the molecule is COCCNCC(CCSC)Cc1ccc(Cl)cc1. The highest BCUT2D eigenvalue weighted by atomic mass is 35.5. The van der Waals surface area contributed by atoms with E-state index in [-0.39, 0.29) is 0 Å². The van der Waals surface area contributed by atoms with Gasteiger partial charge in [0.2, 0.25) is 0 Å². The van der Waals surface area contributed by atoms with E-state index in [1.54, 1.807) is 7.11 Å². The van der Waals surface area contributed by atoms with Crippen molar-refractivity contribution in [3.8, 4) is 0 Å². The molecule has 19 heavy (non-hydrogen) atoms. The first-order chi connectivity index (χ1) is 9.26. The third kappa shape index (κ3) is 7.83. The molecule has 0 saturated carbocycles. The van der Waals surface area contributed by atoms with E-state index in [9.17, 15) is 0 Å². The second-order valence-corrected chi connectivity index (χ2v) is 6.10. The van der Waals surface area contributed by atoms with Crippen LogP contribution < -0.4 is 5.32 Å². The summed E-state index contributed by atoms with van der Waals surface area (Å²) >= 11 is 7.83. The zero-order chi connectivity index (χ0) is 13.9. The van der Waals surface area contributed by atoms with Crippen LogP contribution in [0.1, 0.15) is 12.0 Å². The van der Waals surface area contributed by atoms with E-state index < -0.39 is 0 Å². The van der Waals surface area contributed by atoms with Crippen molar-refractivity contribution >= 4 is 23.4 Å². The van der Waals surface area contributed by atoms with Gasteiger partial charge in [-0.1, -0.05) is 23.7 Å². The van der Waals surface area contributed by atoms with Crippen molar-refractivity contribution in [3.63, 3.8) is 0 Å². The monoisotopic (exact) mass is 301 g/mol. The first-order valence-corrected chi connectivity index (χ1v) is 8.46. The maximum Gasteiger partial charge on any atom is 0.0587 e. The van der Waals surface area contributed by atoms with E-state index in [2.05, 4.69) is 23.7 Å². The quantitative estimate of drug-likeness (QED) is 0.669. The Bertz CT molecular complexity index is 331. The van der Waals surface area contributed by atoms with E-state index in [1.165, 1.54) is 17.7 Å². The fourth-order valence-corrected chi connectivity index (χ4v) is 2.69. The largest absolute Gasteiger partial charge is 0.383 e. The molecular weight excluding hydrogens is 278 g/mol. The average Bonchev–Trinajstić information content (AvgIpc) is 2.43. The predicted octanol–water partition coefficient (Wildman–Crippen LogP) is 3.49. The summed E-state index contributed by atoms with van der Waals surface area (Å²) in [6.45, 7) is 2.75. The van der Waals surface area contributed by atoms with Gasteiger partial charge in [0.1, 0.15) is 0 Å². The lowest BCUT2D eigenvalue weighted by atomic mass is 9.97. The summed E-state index contributed by atoms with van der Waals surface area (Å²) in [6, 6.07) is 8.20. The summed E-state index contributed by atoms with van der Waals surface area (Å²) in [7, 11) is 1.74. The molecule has 0 radical (unpaired) electrons. The number of halogens is 1. The summed E-state index contributed by atoms with van der Waals surface area (Å²) in [5, 5.41) is 4.27. The number of nitrogens with one attached hydrogen (secondary N) is 1. The van der Waals surface area contributed by atoms with Crippen molar-refractivity contribution in [1.29, 1.82) is 0 Å². The second-order valence-electron chi connectivity index (χ2n) is 4.68. The summed E-state index contributed by atoms with van der Waals surface area (Å²) in [5.74, 6) is 1.88. The van der Waals surface area contributed by atoms with Crippen molar-refractivity contribution in [3.05, 3.63) is 34.9 Å². The second kappa shape index (κ2) is 10.6. The van der Waals surface area contributed by atoms with Gasteiger partial charge in [0.15, 0.2) is 0 Å². The molecule has 0 bridgehead atoms. The van der Waals surface area contributed by atoms with Gasteiger partial charge in [-0.3, -0.25) is 0 Å². The highest BCUT2D eigenvalue weighted by Crippen LogP contribution is 2.16. The molecule has 108 valence electrons. The smallest absolute Gasteiger partial charge is 0.0587 e. The van der Waals surface area contributed by atoms with Gasteiger partial charge in [0.25, 0.3) is 0 Å². The van der Waals surface area contributed by atoms with Crippen LogP contribution in [0.4, 0.5) is 0 Å². The van der Waals surface area contributed by atoms with Crippen LogP contribution in [0.2, 0.25) is 5.02 Å². The molecule has 1 aromatic carbocycles. The molecule has 0 amide bonds. The van der Waals surface area contributed by atoms with Gasteiger partial charge in [-0.05, 0) is 55.0 Å². The Morgan fingerprint density at radius 1 is 1.32 bits per heavy atom. The van der Waals surface area contributed by atoms with Gasteiger partial charge in [-0.25, -0.2) is 0 Å². The first kappa shape index (κ1) is 16.8. The van der Waals surface area contributed by atoms with Crippen LogP contribution in [0.15, 0.2) is 24.3 Å². The lowest BCUT2D eigenvalue weighted by molar-refractivity contribution is 0.197. The van der Waals surface area contributed by atoms with Gasteiger partial charge in [0.05, 0.1) is 6.61 Å². The number of ether oxygens (including phenoxy) is 1. The third-order valence-corrected chi connectivity index (χ3v) is 3.98. The van der Waals surface area contributed by atoms with E-state index in [1.807, 2.05) is 23.9 Å². The normalized spacial score (nSPS) is 12.6. The van der Waals surface area contributed by atoms with Crippen molar-refractivity contribution in [2.45, 2.75) is 12.8 Å². The predicted molar refractivity (Wildman–Crippen MR) is 86.4 cm³/mol. The van der Waals surface area contributed by atoms with Gasteiger partial charge in [0, 0.05) is 18.7 Å². The molecule has 1 aromatic rings. The van der Waals surface area contributed by atoms with Gasteiger partial charge in [-0.2, -0.15) is 11.8 Å². The Labute approximate surface area is 126 Å². The summed E-state index contributed by atoms with van der Waals surface area (Å²) in [5.41, 5.74) is 1.36. The van der Waals surface area contributed by atoms with Crippen LogP contribution in [0.5, 0.6) is 0 Å². The molecule has 4 heteroatoms. The Morgan fingerprint density at radius 3 is 2.68 bits per heavy atom. The molecule has 1 unspecified atom stereocenters. The number of hydrogen-bond acceptors (Lipinski definition) is 3. The summed E-state index contributed by atoms with van der Waals surface area (Å²) in [4.78, 5) is 0. The molecule has 1 N–H and O–H groups in total. The molecule has 1 rings (SSSR count). The number of rotatable bonds is 10. The number of methoxy groups -OCH3 is 1. The van der Waals surface area contributed by atoms with Crippen LogP contribution in [0, 0.1) is 5.92 Å². The van der Waals surface area contributed by atoms with Gasteiger partial charge < -0.3 is 10.1 Å². The molecule has 2 nitrogen and oxygen atoms in total. The van der Waals surface area contributed by atoms with Gasteiger partial charge >= 0.3 is 0 Å². The Balaban J connectivity index is 2.41. The van der Waals surface area contributed by atoms with Crippen LogP contribution in [0.3, 0.4) is 0 Å². The molecule has 0 spiro atoms. The molecule has 0 aliphatic rings. The molecule has 0 saturated heterocycles. The van der Waals surface area contributed by atoms with E-state index in [0.29, 0.717) is 5.92 Å². The molecule has 0 heterocycles. The zero-order valence-corrected chi connectivity index (χ0v) is 13.4. The number of hydrogen-bond donors (Lipinski definition) is 1. The third-order valence-electron chi connectivity index (χ3n) is 3.08. The molecule has 0 aromatic heterocycles. The molecule has 0 aliphatic heterocycles. The van der Waals surface area contributed by atoms with E-state index in [4.69, 9.17) is 16.3 Å². The lowest BCUT2D eigenvalue weighted by Crippen LogP contribution is -2.27. The minimum absolute atomic E-state index is 0.672. The molecular formula is C15H24ClNOS. The Morgan fingerprint density at radius 2 is 2.05 bits per heavy atom. The van der Waals surface area contributed by atoms with Crippen LogP contribution in [0.25, 0.3) is 0 Å². The summed E-state index contributed by atoms with van der Waals surface area (Å²) in [6.07, 6.45) is 4.51. The van der Waals surface area contributed by atoms with Crippen molar-refractivity contribution in [2.24, 2.45) is 5.92 Å². The Kier molecular flexibility index (Phi) is 9.35.